The number of rotatable bonds is 3. The number of carbonyl (C=O) groups excluding carboxylic acids is 1. The highest BCUT2D eigenvalue weighted by atomic mass is 35.5. The highest BCUT2D eigenvalue weighted by Crippen LogP contribution is 2.25. The van der Waals surface area contributed by atoms with Crippen LogP contribution in [-0.2, 0) is 0 Å². The Balaban J connectivity index is 1.63. The lowest BCUT2D eigenvalue weighted by Gasteiger charge is -2.05. The van der Waals surface area contributed by atoms with E-state index in [0.29, 0.717) is 33.3 Å². The number of aromatic nitrogens is 2. The summed E-state index contributed by atoms with van der Waals surface area (Å²) < 4.78 is 5.77. The number of halogens is 1. The van der Waals surface area contributed by atoms with Gasteiger partial charge in [-0.2, -0.15) is 0 Å². The Hall–Kier alpha value is -3.18. The van der Waals surface area contributed by atoms with Crippen molar-refractivity contribution in [1.82, 2.24) is 9.97 Å². The average molecular weight is 350 g/mol. The number of oxazole rings is 1. The van der Waals surface area contributed by atoms with E-state index in [-0.39, 0.29) is 5.91 Å². The van der Waals surface area contributed by atoms with E-state index in [1.54, 1.807) is 54.9 Å². The topological polar surface area (TPSA) is 68.0 Å². The van der Waals surface area contributed by atoms with Crippen molar-refractivity contribution in [1.29, 1.82) is 0 Å². The van der Waals surface area contributed by atoms with Crippen molar-refractivity contribution in [3.63, 3.8) is 0 Å². The Kier molecular flexibility index (Phi) is 3.91. The van der Waals surface area contributed by atoms with Crippen LogP contribution < -0.4 is 5.32 Å². The maximum Gasteiger partial charge on any atom is 0.255 e. The van der Waals surface area contributed by atoms with Crippen LogP contribution in [0.2, 0.25) is 5.02 Å². The summed E-state index contributed by atoms with van der Waals surface area (Å²) in [7, 11) is 0. The van der Waals surface area contributed by atoms with Crippen molar-refractivity contribution in [2.24, 2.45) is 0 Å². The minimum atomic E-state index is -0.244. The molecule has 0 spiro atoms. The summed E-state index contributed by atoms with van der Waals surface area (Å²) in [6.45, 7) is 0. The van der Waals surface area contributed by atoms with Gasteiger partial charge in [-0.15, -0.1) is 0 Å². The van der Waals surface area contributed by atoms with E-state index in [0.717, 1.165) is 5.56 Å². The predicted molar refractivity (Wildman–Crippen MR) is 96.6 cm³/mol. The summed E-state index contributed by atoms with van der Waals surface area (Å²) >= 11 is 5.93. The molecule has 6 heteroatoms. The molecule has 0 aliphatic rings. The van der Waals surface area contributed by atoms with Crippen LogP contribution >= 0.6 is 11.6 Å². The van der Waals surface area contributed by atoms with Crippen molar-refractivity contribution in [3.05, 3.63) is 77.6 Å². The second-order valence-electron chi connectivity index (χ2n) is 5.40. The van der Waals surface area contributed by atoms with Gasteiger partial charge in [-0.05, 0) is 48.5 Å². The third-order valence-electron chi connectivity index (χ3n) is 3.66. The van der Waals surface area contributed by atoms with Gasteiger partial charge in [0.25, 0.3) is 5.91 Å². The van der Waals surface area contributed by atoms with Gasteiger partial charge in [-0.1, -0.05) is 17.7 Å². The van der Waals surface area contributed by atoms with E-state index in [1.807, 2.05) is 12.1 Å². The number of benzene rings is 2. The number of fused-ring (bicyclic) bond motifs is 1. The van der Waals surface area contributed by atoms with E-state index in [4.69, 9.17) is 16.0 Å². The zero-order chi connectivity index (χ0) is 17.2. The molecule has 1 amide bonds. The van der Waals surface area contributed by atoms with Gasteiger partial charge in [-0.25, -0.2) is 4.98 Å². The number of carbonyl (C=O) groups is 1. The molecule has 122 valence electrons. The van der Waals surface area contributed by atoms with Crippen LogP contribution in [0.4, 0.5) is 5.69 Å². The molecule has 0 unspecified atom stereocenters. The summed E-state index contributed by atoms with van der Waals surface area (Å²) in [6, 6.07) is 15.8. The standard InChI is InChI=1S/C19H12ClN3O2/c20-14-2-1-3-15(11-14)22-18(24)13-4-5-16-17(10-13)25-19(23-16)12-6-8-21-9-7-12/h1-11H,(H,22,24). The second kappa shape index (κ2) is 6.37. The van der Waals surface area contributed by atoms with Gasteiger partial charge >= 0.3 is 0 Å². The van der Waals surface area contributed by atoms with Gasteiger partial charge in [0.05, 0.1) is 0 Å². The smallest absolute Gasteiger partial charge is 0.255 e. The van der Waals surface area contributed by atoms with E-state index < -0.39 is 0 Å². The van der Waals surface area contributed by atoms with Crippen molar-refractivity contribution < 1.29 is 9.21 Å². The minimum Gasteiger partial charge on any atom is -0.436 e. The number of nitrogens with zero attached hydrogens (tertiary/aromatic N) is 2. The molecular formula is C19H12ClN3O2. The highest BCUT2D eigenvalue weighted by molar-refractivity contribution is 6.31. The third kappa shape index (κ3) is 3.22. The molecule has 0 bridgehead atoms. The summed E-state index contributed by atoms with van der Waals surface area (Å²) in [5.74, 6) is 0.246. The second-order valence-corrected chi connectivity index (χ2v) is 5.84. The molecule has 0 fully saturated rings. The molecule has 5 nitrogen and oxygen atoms in total. The fraction of sp³-hybridized carbons (Fsp3) is 0. The molecule has 2 aromatic heterocycles. The van der Waals surface area contributed by atoms with Crippen LogP contribution in [0.15, 0.2) is 71.4 Å². The van der Waals surface area contributed by atoms with Crippen molar-refractivity contribution in [2.45, 2.75) is 0 Å². The molecule has 1 N–H and O–H groups in total. The number of pyridine rings is 1. The Labute approximate surface area is 148 Å². The van der Waals surface area contributed by atoms with Crippen LogP contribution in [0.5, 0.6) is 0 Å². The molecular weight excluding hydrogens is 338 g/mol. The Morgan fingerprint density at radius 1 is 1.04 bits per heavy atom. The number of anilines is 1. The molecule has 0 atom stereocenters. The van der Waals surface area contributed by atoms with Crippen LogP contribution in [0.1, 0.15) is 10.4 Å². The Morgan fingerprint density at radius 2 is 1.88 bits per heavy atom. The van der Waals surface area contributed by atoms with Gasteiger partial charge in [0.1, 0.15) is 5.52 Å². The van der Waals surface area contributed by atoms with E-state index in [1.165, 1.54) is 0 Å². The molecule has 0 aliphatic carbocycles. The quantitative estimate of drug-likeness (QED) is 0.577. The van der Waals surface area contributed by atoms with Gasteiger partial charge in [0, 0.05) is 34.2 Å². The number of hydrogen-bond donors (Lipinski definition) is 1. The fourth-order valence-corrected chi connectivity index (χ4v) is 2.64. The van der Waals surface area contributed by atoms with Crippen LogP contribution in [0.25, 0.3) is 22.6 Å². The van der Waals surface area contributed by atoms with Crippen LogP contribution in [-0.4, -0.2) is 15.9 Å². The minimum absolute atomic E-state index is 0.244. The molecule has 2 aromatic carbocycles. The van der Waals surface area contributed by atoms with Crippen molar-refractivity contribution >= 4 is 34.3 Å². The normalized spacial score (nSPS) is 10.8. The first-order valence-corrected chi connectivity index (χ1v) is 7.95. The molecule has 2 heterocycles. The van der Waals surface area contributed by atoms with E-state index in [2.05, 4.69) is 15.3 Å². The first kappa shape index (κ1) is 15.4. The molecule has 25 heavy (non-hydrogen) atoms. The van der Waals surface area contributed by atoms with E-state index >= 15 is 0 Å². The molecule has 4 aromatic rings. The SMILES string of the molecule is O=C(Nc1cccc(Cl)c1)c1ccc2nc(-c3ccncc3)oc2c1. The largest absolute Gasteiger partial charge is 0.436 e. The molecule has 0 saturated carbocycles. The summed E-state index contributed by atoms with van der Waals surface area (Å²) in [5.41, 5.74) is 3.17. The van der Waals surface area contributed by atoms with E-state index in [9.17, 15) is 4.79 Å². The average Bonchev–Trinajstić information content (AvgIpc) is 3.06. The Morgan fingerprint density at radius 3 is 2.68 bits per heavy atom. The van der Waals surface area contributed by atoms with Gasteiger partial charge in [-0.3, -0.25) is 9.78 Å². The number of hydrogen-bond acceptors (Lipinski definition) is 4. The molecule has 0 aliphatic heterocycles. The Bertz CT molecular complexity index is 1060. The molecule has 0 saturated heterocycles. The zero-order valence-corrected chi connectivity index (χ0v) is 13.7. The number of amides is 1. The fourth-order valence-electron chi connectivity index (χ4n) is 2.45. The molecule has 0 radical (unpaired) electrons. The van der Waals surface area contributed by atoms with Crippen molar-refractivity contribution in [3.8, 4) is 11.5 Å². The lowest BCUT2D eigenvalue weighted by atomic mass is 10.2. The van der Waals surface area contributed by atoms with Gasteiger partial charge in [0.2, 0.25) is 5.89 Å². The summed E-state index contributed by atoms with van der Waals surface area (Å²) in [5, 5.41) is 3.37. The first-order valence-electron chi connectivity index (χ1n) is 7.57. The highest BCUT2D eigenvalue weighted by Gasteiger charge is 2.12. The predicted octanol–water partition coefficient (Wildman–Crippen LogP) is 4.80. The zero-order valence-electron chi connectivity index (χ0n) is 12.9. The lowest BCUT2D eigenvalue weighted by Crippen LogP contribution is -2.11. The lowest BCUT2D eigenvalue weighted by molar-refractivity contribution is 0.102. The monoisotopic (exact) mass is 349 g/mol. The summed E-state index contributed by atoms with van der Waals surface area (Å²) in [4.78, 5) is 20.8. The first-order chi connectivity index (χ1) is 12.2. The maximum absolute atomic E-state index is 12.4. The van der Waals surface area contributed by atoms with Crippen LogP contribution in [0, 0.1) is 0 Å². The third-order valence-corrected chi connectivity index (χ3v) is 3.90. The van der Waals surface area contributed by atoms with Gasteiger partial charge < -0.3 is 9.73 Å². The molecule has 4 rings (SSSR count). The van der Waals surface area contributed by atoms with Crippen molar-refractivity contribution in [2.75, 3.05) is 5.32 Å². The maximum atomic E-state index is 12.4. The van der Waals surface area contributed by atoms with Crippen LogP contribution in [0.3, 0.4) is 0 Å². The van der Waals surface area contributed by atoms with Gasteiger partial charge in [0.15, 0.2) is 5.58 Å². The summed E-state index contributed by atoms with van der Waals surface area (Å²) in [6.07, 6.45) is 3.35. The number of nitrogens with one attached hydrogen (secondary N) is 1.